The highest BCUT2D eigenvalue weighted by molar-refractivity contribution is 9.11. The summed E-state index contributed by atoms with van der Waals surface area (Å²) in [4.78, 5) is 12.1. The van der Waals surface area contributed by atoms with E-state index in [1.165, 1.54) is 0 Å². The molecule has 0 fully saturated rings. The SMILES string of the molecule is CCOc1ccc(CC(=O)N/N=C/c2cc(Br)c(OCc3ccccc3Cl)c(Br)c2)cc1. The van der Waals surface area contributed by atoms with Gasteiger partial charge in [-0.2, -0.15) is 5.10 Å². The van der Waals surface area contributed by atoms with Crippen molar-refractivity contribution in [2.45, 2.75) is 20.0 Å². The molecule has 32 heavy (non-hydrogen) atoms. The Kier molecular flexibility index (Phi) is 9.14. The minimum absolute atomic E-state index is 0.205. The Labute approximate surface area is 209 Å². The second-order valence-electron chi connectivity index (χ2n) is 6.74. The lowest BCUT2D eigenvalue weighted by Crippen LogP contribution is -2.19. The van der Waals surface area contributed by atoms with Gasteiger partial charge in [0.05, 0.1) is 28.2 Å². The zero-order valence-corrected chi connectivity index (χ0v) is 21.2. The van der Waals surface area contributed by atoms with Crippen LogP contribution in [0.1, 0.15) is 23.6 Å². The van der Waals surface area contributed by atoms with Crippen LogP contribution in [0.2, 0.25) is 5.02 Å². The van der Waals surface area contributed by atoms with E-state index < -0.39 is 0 Å². The van der Waals surface area contributed by atoms with Gasteiger partial charge >= 0.3 is 0 Å². The maximum atomic E-state index is 12.1. The van der Waals surface area contributed by atoms with Crippen LogP contribution in [0, 0.1) is 0 Å². The fraction of sp³-hybridized carbons (Fsp3) is 0.167. The molecule has 0 unspecified atom stereocenters. The van der Waals surface area contributed by atoms with Gasteiger partial charge in [-0.15, -0.1) is 0 Å². The van der Waals surface area contributed by atoms with Crippen molar-refractivity contribution in [3.63, 3.8) is 0 Å². The molecule has 0 aliphatic rings. The summed E-state index contributed by atoms with van der Waals surface area (Å²) < 4.78 is 12.8. The maximum Gasteiger partial charge on any atom is 0.244 e. The third-order valence-corrected chi connectivity index (χ3v) is 5.90. The van der Waals surface area contributed by atoms with E-state index in [2.05, 4.69) is 42.4 Å². The molecular weight excluding hydrogens is 560 g/mol. The number of rotatable bonds is 9. The number of hydrogen-bond acceptors (Lipinski definition) is 4. The summed E-state index contributed by atoms with van der Waals surface area (Å²) in [6.07, 6.45) is 1.80. The van der Waals surface area contributed by atoms with Crippen LogP contribution in [0.4, 0.5) is 0 Å². The highest BCUT2D eigenvalue weighted by Gasteiger charge is 2.10. The number of carbonyl (C=O) groups is 1. The largest absolute Gasteiger partial charge is 0.494 e. The molecule has 0 saturated heterocycles. The lowest BCUT2D eigenvalue weighted by Gasteiger charge is -2.12. The fourth-order valence-electron chi connectivity index (χ4n) is 2.83. The Hall–Kier alpha value is -2.35. The molecule has 0 aromatic heterocycles. The zero-order valence-electron chi connectivity index (χ0n) is 17.3. The first-order valence-electron chi connectivity index (χ1n) is 9.85. The maximum absolute atomic E-state index is 12.1. The van der Waals surface area contributed by atoms with Gasteiger partial charge in [0, 0.05) is 10.6 Å². The summed E-state index contributed by atoms with van der Waals surface area (Å²) in [5.74, 6) is 1.23. The number of nitrogens with zero attached hydrogens (tertiary/aromatic N) is 1. The van der Waals surface area contributed by atoms with E-state index >= 15 is 0 Å². The Morgan fingerprint density at radius 2 is 1.75 bits per heavy atom. The van der Waals surface area contributed by atoms with Crippen LogP contribution in [0.3, 0.4) is 0 Å². The van der Waals surface area contributed by atoms with Crippen LogP contribution in [0.5, 0.6) is 11.5 Å². The third kappa shape index (κ3) is 7.08. The summed E-state index contributed by atoms with van der Waals surface area (Å²) in [5, 5.41) is 4.71. The minimum Gasteiger partial charge on any atom is -0.494 e. The van der Waals surface area contributed by atoms with E-state index in [0.717, 1.165) is 31.4 Å². The van der Waals surface area contributed by atoms with Gasteiger partial charge in [0.25, 0.3) is 0 Å². The summed E-state index contributed by atoms with van der Waals surface area (Å²) >= 11 is 13.2. The monoisotopic (exact) mass is 578 g/mol. The van der Waals surface area contributed by atoms with E-state index in [9.17, 15) is 4.79 Å². The molecule has 0 radical (unpaired) electrons. The van der Waals surface area contributed by atoms with Crippen molar-refractivity contribution in [3.05, 3.63) is 91.3 Å². The van der Waals surface area contributed by atoms with Crippen molar-refractivity contribution >= 4 is 55.6 Å². The molecule has 5 nitrogen and oxygen atoms in total. The highest BCUT2D eigenvalue weighted by atomic mass is 79.9. The van der Waals surface area contributed by atoms with Gasteiger partial charge in [-0.25, -0.2) is 5.43 Å². The number of amides is 1. The Morgan fingerprint density at radius 3 is 2.41 bits per heavy atom. The lowest BCUT2D eigenvalue weighted by atomic mass is 10.1. The predicted molar refractivity (Wildman–Crippen MR) is 135 cm³/mol. The molecule has 0 aliphatic heterocycles. The summed E-state index contributed by atoms with van der Waals surface area (Å²) in [6, 6.07) is 18.7. The third-order valence-electron chi connectivity index (χ3n) is 4.35. The van der Waals surface area contributed by atoms with Gasteiger partial charge in [0.1, 0.15) is 18.1 Å². The van der Waals surface area contributed by atoms with Crippen molar-refractivity contribution < 1.29 is 14.3 Å². The molecule has 1 amide bonds. The molecule has 8 heteroatoms. The normalized spacial score (nSPS) is 10.9. The number of carbonyl (C=O) groups excluding carboxylic acids is 1. The average Bonchev–Trinajstić information content (AvgIpc) is 2.76. The molecule has 0 bridgehead atoms. The number of hydrazone groups is 1. The van der Waals surface area contributed by atoms with E-state index in [1.54, 1.807) is 6.21 Å². The first-order valence-corrected chi connectivity index (χ1v) is 11.8. The second-order valence-corrected chi connectivity index (χ2v) is 8.86. The second kappa shape index (κ2) is 12.0. The average molecular weight is 581 g/mol. The fourth-order valence-corrected chi connectivity index (χ4v) is 4.47. The smallest absolute Gasteiger partial charge is 0.244 e. The topological polar surface area (TPSA) is 59.9 Å². The van der Waals surface area contributed by atoms with Gasteiger partial charge in [0.2, 0.25) is 5.91 Å². The number of halogens is 3. The van der Waals surface area contributed by atoms with Gasteiger partial charge in [-0.3, -0.25) is 4.79 Å². The molecule has 0 heterocycles. The first-order chi connectivity index (χ1) is 15.5. The van der Waals surface area contributed by atoms with E-state index in [-0.39, 0.29) is 12.3 Å². The van der Waals surface area contributed by atoms with Gasteiger partial charge < -0.3 is 9.47 Å². The van der Waals surface area contributed by atoms with Gasteiger partial charge in [-0.05, 0) is 80.2 Å². The van der Waals surface area contributed by atoms with Crippen LogP contribution in [-0.4, -0.2) is 18.7 Å². The molecule has 1 N–H and O–H groups in total. The van der Waals surface area contributed by atoms with Crippen molar-refractivity contribution in [1.82, 2.24) is 5.43 Å². The summed E-state index contributed by atoms with van der Waals surface area (Å²) in [5.41, 5.74) is 5.11. The van der Waals surface area contributed by atoms with Crippen LogP contribution < -0.4 is 14.9 Å². The predicted octanol–water partition coefficient (Wildman–Crippen LogP) is 6.54. The Morgan fingerprint density at radius 1 is 1.06 bits per heavy atom. The molecule has 0 atom stereocenters. The summed E-state index contributed by atoms with van der Waals surface area (Å²) in [7, 11) is 0. The highest BCUT2D eigenvalue weighted by Crippen LogP contribution is 2.35. The molecule has 0 saturated carbocycles. The molecule has 0 aliphatic carbocycles. The standard InChI is InChI=1S/C24H21Br2ClN2O3/c1-2-31-19-9-7-16(8-10-19)13-23(30)29-28-14-17-11-20(25)24(21(26)12-17)32-15-18-5-3-4-6-22(18)27/h3-12,14H,2,13,15H2,1H3,(H,29,30)/b28-14+. The van der Waals surface area contributed by atoms with Gasteiger partial charge in [0.15, 0.2) is 0 Å². The van der Waals surface area contributed by atoms with Crippen LogP contribution in [0.15, 0.2) is 74.7 Å². The van der Waals surface area contributed by atoms with Crippen LogP contribution >= 0.6 is 43.5 Å². The Balaban J connectivity index is 1.56. The zero-order chi connectivity index (χ0) is 22.9. The van der Waals surface area contributed by atoms with Crippen molar-refractivity contribution in [2.24, 2.45) is 5.10 Å². The van der Waals surface area contributed by atoms with Crippen molar-refractivity contribution in [1.29, 1.82) is 0 Å². The molecule has 3 aromatic carbocycles. The first kappa shape index (κ1) is 24.3. The molecule has 0 spiro atoms. The number of hydrogen-bond donors (Lipinski definition) is 1. The van der Waals surface area contributed by atoms with E-state index in [0.29, 0.717) is 24.0 Å². The Bertz CT molecular complexity index is 1080. The lowest BCUT2D eigenvalue weighted by molar-refractivity contribution is -0.120. The van der Waals surface area contributed by atoms with E-state index in [1.807, 2.05) is 67.6 Å². The number of ether oxygens (including phenoxy) is 2. The number of nitrogens with one attached hydrogen (secondary N) is 1. The molecule has 3 aromatic rings. The van der Waals surface area contributed by atoms with Gasteiger partial charge in [-0.1, -0.05) is 41.9 Å². The summed E-state index contributed by atoms with van der Waals surface area (Å²) in [6.45, 7) is 2.87. The quantitative estimate of drug-likeness (QED) is 0.231. The van der Waals surface area contributed by atoms with Crippen LogP contribution in [0.25, 0.3) is 0 Å². The molecular formula is C24H21Br2ClN2O3. The van der Waals surface area contributed by atoms with Crippen molar-refractivity contribution in [3.8, 4) is 11.5 Å². The van der Waals surface area contributed by atoms with E-state index in [4.69, 9.17) is 21.1 Å². The number of benzene rings is 3. The molecule has 3 rings (SSSR count). The molecule has 166 valence electrons. The van der Waals surface area contributed by atoms with Crippen molar-refractivity contribution in [2.75, 3.05) is 6.61 Å². The minimum atomic E-state index is -0.205. The van der Waals surface area contributed by atoms with Crippen LogP contribution in [-0.2, 0) is 17.8 Å².